The zero-order valence-corrected chi connectivity index (χ0v) is 20.3. The number of hydrogen-bond acceptors (Lipinski definition) is 5. The normalized spacial score (nSPS) is 15.0. The van der Waals surface area contributed by atoms with Crippen molar-refractivity contribution in [2.24, 2.45) is 0 Å². The first-order valence-corrected chi connectivity index (χ1v) is 12.3. The Morgan fingerprint density at radius 1 is 1.00 bits per heavy atom. The summed E-state index contributed by atoms with van der Waals surface area (Å²) >= 11 is 0. The van der Waals surface area contributed by atoms with Crippen LogP contribution in [0, 0.1) is 13.8 Å². The Hall–Kier alpha value is -3.61. The summed E-state index contributed by atoms with van der Waals surface area (Å²) in [6, 6.07) is 15.9. The zero-order valence-electron chi connectivity index (χ0n) is 20.3. The number of amides is 2. The van der Waals surface area contributed by atoms with E-state index >= 15 is 0 Å². The van der Waals surface area contributed by atoms with Crippen molar-refractivity contribution in [3.05, 3.63) is 82.2 Å². The molecule has 5 rings (SSSR count). The average molecular weight is 474 g/mol. The van der Waals surface area contributed by atoms with Gasteiger partial charge in [-0.3, -0.25) is 9.59 Å². The predicted octanol–water partition coefficient (Wildman–Crippen LogP) is 4.50. The number of ether oxygens (including phenoxy) is 1. The number of nitrogens with one attached hydrogen (secondary N) is 1. The number of hydrogen-bond donors (Lipinski definition) is 1. The second kappa shape index (κ2) is 9.94. The molecule has 182 valence electrons. The first-order chi connectivity index (χ1) is 17.0. The van der Waals surface area contributed by atoms with Gasteiger partial charge in [-0.2, -0.15) is 0 Å². The molecule has 2 aliphatic carbocycles. The Balaban J connectivity index is 1.16. The summed E-state index contributed by atoms with van der Waals surface area (Å²) < 4.78 is 11.1. The molecule has 2 aliphatic rings. The second-order valence-electron chi connectivity index (χ2n) is 9.61. The van der Waals surface area contributed by atoms with Gasteiger partial charge in [0.2, 0.25) is 5.91 Å². The lowest BCUT2D eigenvalue weighted by molar-refractivity contribution is -0.131. The summed E-state index contributed by atoms with van der Waals surface area (Å²) in [5.74, 6) is 1.60. The van der Waals surface area contributed by atoms with Crippen LogP contribution in [-0.2, 0) is 24.4 Å². The minimum Gasteiger partial charge on any atom is -0.489 e. The molecule has 7 heteroatoms. The Kier molecular flexibility index (Phi) is 6.57. The third-order valence-electron chi connectivity index (χ3n) is 6.63. The van der Waals surface area contributed by atoms with Gasteiger partial charge in [0.25, 0.3) is 5.91 Å². The van der Waals surface area contributed by atoms with Crippen molar-refractivity contribution in [1.29, 1.82) is 0 Å². The fourth-order valence-electron chi connectivity index (χ4n) is 4.10. The highest BCUT2D eigenvalue weighted by Gasteiger charge is 2.32. The van der Waals surface area contributed by atoms with Crippen molar-refractivity contribution >= 4 is 11.8 Å². The molecule has 2 saturated carbocycles. The zero-order chi connectivity index (χ0) is 24.4. The first kappa shape index (κ1) is 23.1. The molecule has 1 aromatic heterocycles. The number of aryl methyl sites for hydroxylation is 2. The maximum atomic E-state index is 13.2. The third-order valence-corrected chi connectivity index (χ3v) is 6.63. The lowest BCUT2D eigenvalue weighted by Crippen LogP contribution is -2.33. The molecule has 2 aromatic carbocycles. The molecule has 0 bridgehead atoms. The highest BCUT2D eigenvalue weighted by atomic mass is 16.5. The summed E-state index contributed by atoms with van der Waals surface area (Å²) in [6.07, 6.45) is 4.58. The van der Waals surface area contributed by atoms with Crippen LogP contribution < -0.4 is 10.1 Å². The quantitative estimate of drug-likeness (QED) is 0.469. The molecular formula is C28H31N3O4. The van der Waals surface area contributed by atoms with E-state index in [2.05, 4.69) is 10.5 Å². The van der Waals surface area contributed by atoms with Crippen molar-refractivity contribution in [2.75, 3.05) is 0 Å². The number of aromatic nitrogens is 1. The average Bonchev–Trinajstić information content (AvgIpc) is 3.79. The number of carbonyl (C=O) groups is 2. The van der Waals surface area contributed by atoms with Crippen molar-refractivity contribution in [3.8, 4) is 5.75 Å². The van der Waals surface area contributed by atoms with E-state index in [4.69, 9.17) is 9.26 Å². The summed E-state index contributed by atoms with van der Waals surface area (Å²) in [4.78, 5) is 27.4. The lowest BCUT2D eigenvalue weighted by Gasteiger charge is -2.23. The maximum absolute atomic E-state index is 13.2. The van der Waals surface area contributed by atoms with Gasteiger partial charge in [-0.25, -0.2) is 0 Å². The number of nitrogens with zero attached hydrogens (tertiary/aromatic N) is 2. The molecule has 7 nitrogen and oxygen atoms in total. The van der Waals surface area contributed by atoms with Crippen LogP contribution in [0.15, 0.2) is 53.1 Å². The molecule has 1 N–H and O–H groups in total. The van der Waals surface area contributed by atoms with Gasteiger partial charge in [0.15, 0.2) is 0 Å². The van der Waals surface area contributed by atoms with Crippen LogP contribution in [0.4, 0.5) is 0 Å². The topological polar surface area (TPSA) is 84.7 Å². The fourth-order valence-corrected chi connectivity index (χ4v) is 4.10. The minimum absolute atomic E-state index is 0.0201. The molecule has 0 radical (unpaired) electrons. The molecule has 35 heavy (non-hydrogen) atoms. The van der Waals surface area contributed by atoms with Crippen LogP contribution in [0.2, 0.25) is 0 Å². The van der Waals surface area contributed by atoms with Crippen LogP contribution in [0.1, 0.15) is 64.2 Å². The highest BCUT2D eigenvalue weighted by Crippen LogP contribution is 2.29. The molecular weight excluding hydrogens is 442 g/mol. The van der Waals surface area contributed by atoms with Crippen LogP contribution in [0.3, 0.4) is 0 Å². The standard InChI is InChI=1S/C28H31N3O4/c1-18-26(19(2)35-30-18)17-34-25-13-5-20(6-14-25)15-27(32)31(24-11-12-24)16-21-3-7-22(8-4-21)28(33)29-23-9-10-23/h3-8,13-14,23-24H,9-12,15-17H2,1-2H3,(H,29,33). The molecule has 0 aliphatic heterocycles. The van der Waals surface area contributed by atoms with Gasteiger partial charge in [-0.15, -0.1) is 0 Å². The van der Waals surface area contributed by atoms with E-state index in [1.54, 1.807) is 0 Å². The SMILES string of the molecule is Cc1noc(C)c1COc1ccc(CC(=O)N(Cc2ccc(C(=O)NC3CC3)cc2)C2CC2)cc1. The van der Waals surface area contributed by atoms with Crippen LogP contribution in [0.5, 0.6) is 5.75 Å². The van der Waals surface area contributed by atoms with Crippen molar-refractivity contribution in [3.63, 3.8) is 0 Å². The van der Waals surface area contributed by atoms with E-state index in [0.717, 1.165) is 59.6 Å². The number of rotatable bonds is 10. The van der Waals surface area contributed by atoms with E-state index < -0.39 is 0 Å². The van der Waals surface area contributed by atoms with E-state index in [-0.39, 0.29) is 11.8 Å². The number of benzene rings is 2. The van der Waals surface area contributed by atoms with E-state index in [9.17, 15) is 9.59 Å². The molecule has 2 amide bonds. The fraction of sp³-hybridized carbons (Fsp3) is 0.393. The maximum Gasteiger partial charge on any atom is 0.251 e. The Bertz CT molecular complexity index is 1170. The summed E-state index contributed by atoms with van der Waals surface area (Å²) in [5.41, 5.74) is 4.46. The van der Waals surface area contributed by atoms with Crippen molar-refractivity contribution in [2.45, 2.75) is 71.2 Å². The van der Waals surface area contributed by atoms with Crippen LogP contribution in [-0.4, -0.2) is 34.0 Å². The Morgan fingerprint density at radius 2 is 1.69 bits per heavy atom. The van der Waals surface area contributed by atoms with Gasteiger partial charge in [0.1, 0.15) is 18.1 Å². The highest BCUT2D eigenvalue weighted by molar-refractivity contribution is 5.94. The van der Waals surface area contributed by atoms with Gasteiger partial charge < -0.3 is 19.5 Å². The number of carbonyl (C=O) groups excluding carboxylic acids is 2. The lowest BCUT2D eigenvalue weighted by atomic mass is 10.1. The third kappa shape index (κ3) is 5.91. The molecule has 0 saturated heterocycles. The summed E-state index contributed by atoms with van der Waals surface area (Å²) in [7, 11) is 0. The van der Waals surface area contributed by atoms with E-state index in [0.29, 0.717) is 37.2 Å². The van der Waals surface area contributed by atoms with Gasteiger partial charge in [-0.1, -0.05) is 29.4 Å². The summed E-state index contributed by atoms with van der Waals surface area (Å²) in [5, 5.41) is 6.96. The Labute approximate surface area is 205 Å². The molecule has 0 spiro atoms. The Morgan fingerprint density at radius 3 is 2.29 bits per heavy atom. The predicted molar refractivity (Wildman–Crippen MR) is 131 cm³/mol. The van der Waals surface area contributed by atoms with Gasteiger partial charge in [-0.05, 0) is 74.9 Å². The molecule has 1 heterocycles. The second-order valence-corrected chi connectivity index (χ2v) is 9.61. The van der Waals surface area contributed by atoms with Gasteiger partial charge >= 0.3 is 0 Å². The van der Waals surface area contributed by atoms with E-state index in [1.165, 1.54) is 0 Å². The molecule has 0 atom stereocenters. The smallest absolute Gasteiger partial charge is 0.251 e. The van der Waals surface area contributed by atoms with E-state index in [1.807, 2.05) is 67.3 Å². The van der Waals surface area contributed by atoms with Gasteiger partial charge in [0.05, 0.1) is 17.7 Å². The minimum atomic E-state index is -0.0201. The molecule has 2 fully saturated rings. The largest absolute Gasteiger partial charge is 0.489 e. The van der Waals surface area contributed by atoms with Crippen LogP contribution in [0.25, 0.3) is 0 Å². The monoisotopic (exact) mass is 473 g/mol. The van der Waals surface area contributed by atoms with Crippen LogP contribution >= 0.6 is 0 Å². The molecule has 0 unspecified atom stereocenters. The van der Waals surface area contributed by atoms with Gasteiger partial charge in [0, 0.05) is 24.2 Å². The van der Waals surface area contributed by atoms with Crippen molar-refractivity contribution < 1.29 is 18.8 Å². The first-order valence-electron chi connectivity index (χ1n) is 12.3. The summed E-state index contributed by atoms with van der Waals surface area (Å²) in [6.45, 7) is 4.73. The molecule has 3 aromatic rings. The van der Waals surface area contributed by atoms with Crippen molar-refractivity contribution in [1.82, 2.24) is 15.4 Å².